The number of hydrogen-bond acceptors (Lipinski definition) is 5. The smallest absolute Gasteiger partial charge is 0.322 e. The molecule has 2 amide bonds. The van der Waals surface area contributed by atoms with Crippen molar-refractivity contribution in [1.82, 2.24) is 4.72 Å². The molecule has 6 nitrogen and oxygen atoms in total. The van der Waals surface area contributed by atoms with E-state index in [2.05, 4.69) is 4.72 Å². The molecule has 0 aliphatic carbocycles. The standard InChI is InChI=1S/C22H15ClN2O4S/c23-14-8-10-15(11-9-14)28-17-6-3-7-19(30-25-22(24)27)20(17)21(26)18-12-13-4-1-2-5-16(13)29-18/h1-12H,(H3,24,25,27). The van der Waals surface area contributed by atoms with Crippen molar-refractivity contribution in [2.75, 3.05) is 0 Å². The zero-order valence-corrected chi connectivity index (χ0v) is 17.0. The van der Waals surface area contributed by atoms with Crippen molar-refractivity contribution in [3.8, 4) is 11.5 Å². The molecule has 0 bridgehead atoms. The van der Waals surface area contributed by atoms with Crippen LogP contribution in [-0.4, -0.2) is 11.8 Å². The second-order valence-electron chi connectivity index (χ2n) is 6.23. The van der Waals surface area contributed by atoms with Gasteiger partial charge in [0.1, 0.15) is 17.1 Å². The highest BCUT2D eigenvalue weighted by atomic mass is 35.5. The summed E-state index contributed by atoms with van der Waals surface area (Å²) in [5.74, 6) is 0.580. The molecule has 0 fully saturated rings. The molecule has 1 heterocycles. The highest BCUT2D eigenvalue weighted by molar-refractivity contribution is 7.98. The van der Waals surface area contributed by atoms with Gasteiger partial charge in [-0.05, 0) is 60.5 Å². The van der Waals surface area contributed by atoms with Gasteiger partial charge in [-0.1, -0.05) is 35.9 Å². The van der Waals surface area contributed by atoms with Gasteiger partial charge < -0.3 is 14.9 Å². The van der Waals surface area contributed by atoms with Crippen LogP contribution in [0.15, 0.2) is 82.1 Å². The highest BCUT2D eigenvalue weighted by Gasteiger charge is 2.23. The Kier molecular flexibility index (Phi) is 5.65. The number of ether oxygens (including phenoxy) is 1. The summed E-state index contributed by atoms with van der Waals surface area (Å²) in [6.07, 6.45) is 0. The maximum absolute atomic E-state index is 13.4. The lowest BCUT2D eigenvalue weighted by molar-refractivity contribution is 0.101. The van der Waals surface area contributed by atoms with Gasteiger partial charge in [0, 0.05) is 15.3 Å². The number of fused-ring (bicyclic) bond motifs is 1. The van der Waals surface area contributed by atoms with Gasteiger partial charge in [-0.2, -0.15) is 0 Å². The van der Waals surface area contributed by atoms with Gasteiger partial charge in [0.25, 0.3) is 0 Å². The maximum Gasteiger partial charge on any atom is 0.322 e. The molecule has 0 unspecified atom stereocenters. The van der Waals surface area contributed by atoms with Crippen molar-refractivity contribution < 1.29 is 18.7 Å². The molecular weight excluding hydrogens is 424 g/mol. The fraction of sp³-hybridized carbons (Fsp3) is 0. The first-order valence-electron chi connectivity index (χ1n) is 8.83. The third kappa shape index (κ3) is 4.27. The lowest BCUT2D eigenvalue weighted by Crippen LogP contribution is -2.23. The number of amides is 2. The average Bonchev–Trinajstić information content (AvgIpc) is 3.18. The number of furan rings is 1. The van der Waals surface area contributed by atoms with E-state index in [1.54, 1.807) is 54.6 Å². The Balaban J connectivity index is 1.78. The van der Waals surface area contributed by atoms with E-state index in [9.17, 15) is 9.59 Å². The molecule has 4 rings (SSSR count). The van der Waals surface area contributed by atoms with Crippen molar-refractivity contribution in [1.29, 1.82) is 0 Å². The number of rotatable bonds is 6. The van der Waals surface area contributed by atoms with Gasteiger partial charge in [0.2, 0.25) is 5.78 Å². The molecule has 3 aromatic carbocycles. The predicted octanol–water partition coefficient (Wildman–Crippen LogP) is 5.78. The van der Waals surface area contributed by atoms with E-state index in [0.717, 1.165) is 17.3 Å². The number of carbonyl (C=O) groups is 2. The van der Waals surface area contributed by atoms with Crippen LogP contribution in [0.4, 0.5) is 4.79 Å². The summed E-state index contributed by atoms with van der Waals surface area (Å²) in [5.41, 5.74) is 6.03. The fourth-order valence-corrected chi connectivity index (χ4v) is 3.64. The molecule has 8 heteroatoms. The lowest BCUT2D eigenvalue weighted by Gasteiger charge is -2.13. The van der Waals surface area contributed by atoms with Gasteiger partial charge in [-0.15, -0.1) is 0 Å². The predicted molar refractivity (Wildman–Crippen MR) is 116 cm³/mol. The molecule has 0 saturated heterocycles. The SMILES string of the molecule is NC(=O)NSc1cccc(Oc2ccc(Cl)cc2)c1C(=O)c1cc2ccccc2o1. The maximum atomic E-state index is 13.4. The molecular formula is C22H15ClN2O4S. The van der Waals surface area contributed by atoms with E-state index in [1.165, 1.54) is 0 Å². The second kappa shape index (κ2) is 8.52. The van der Waals surface area contributed by atoms with Crippen molar-refractivity contribution in [2.45, 2.75) is 4.90 Å². The van der Waals surface area contributed by atoms with E-state index in [4.69, 9.17) is 26.5 Å². The molecule has 0 radical (unpaired) electrons. The molecule has 1 aromatic heterocycles. The zero-order chi connectivity index (χ0) is 21.1. The number of urea groups is 1. The monoisotopic (exact) mass is 438 g/mol. The molecule has 0 atom stereocenters. The van der Waals surface area contributed by atoms with Gasteiger partial charge >= 0.3 is 6.03 Å². The Hall–Kier alpha value is -3.42. The highest BCUT2D eigenvalue weighted by Crippen LogP contribution is 2.35. The van der Waals surface area contributed by atoms with Crippen LogP contribution in [-0.2, 0) is 0 Å². The number of hydrogen-bond donors (Lipinski definition) is 2. The number of ketones is 1. The third-order valence-corrected chi connectivity index (χ3v) is 5.28. The quantitative estimate of drug-likeness (QED) is 0.293. The van der Waals surface area contributed by atoms with Gasteiger partial charge in [-0.3, -0.25) is 9.52 Å². The molecule has 0 aliphatic heterocycles. The largest absolute Gasteiger partial charge is 0.457 e. The summed E-state index contributed by atoms with van der Waals surface area (Å²) in [4.78, 5) is 25.1. The van der Waals surface area contributed by atoms with Gasteiger partial charge in [0.15, 0.2) is 5.76 Å². The average molecular weight is 439 g/mol. The van der Waals surface area contributed by atoms with Crippen molar-refractivity contribution in [2.24, 2.45) is 5.73 Å². The molecule has 0 aliphatic rings. The molecule has 30 heavy (non-hydrogen) atoms. The Bertz CT molecular complexity index is 1200. The normalized spacial score (nSPS) is 10.7. The molecule has 150 valence electrons. The van der Waals surface area contributed by atoms with Crippen LogP contribution in [0.3, 0.4) is 0 Å². The minimum atomic E-state index is -0.730. The zero-order valence-electron chi connectivity index (χ0n) is 15.4. The minimum absolute atomic E-state index is 0.157. The number of halogens is 1. The van der Waals surface area contributed by atoms with Crippen LogP contribution in [0.1, 0.15) is 16.1 Å². The van der Waals surface area contributed by atoms with Crippen LogP contribution in [0.2, 0.25) is 5.02 Å². The number of para-hydroxylation sites is 1. The van der Waals surface area contributed by atoms with Gasteiger partial charge in [-0.25, -0.2) is 4.79 Å². The summed E-state index contributed by atoms with van der Waals surface area (Å²) >= 11 is 6.86. The lowest BCUT2D eigenvalue weighted by atomic mass is 10.1. The Morgan fingerprint density at radius 1 is 1.00 bits per heavy atom. The van der Waals surface area contributed by atoms with E-state index in [1.807, 2.05) is 18.2 Å². The van der Waals surface area contributed by atoms with Crippen LogP contribution >= 0.6 is 23.5 Å². The summed E-state index contributed by atoms with van der Waals surface area (Å²) in [6, 6.07) is 20.1. The first-order valence-corrected chi connectivity index (χ1v) is 10.0. The first-order chi connectivity index (χ1) is 14.5. The molecule has 4 aromatic rings. The second-order valence-corrected chi connectivity index (χ2v) is 7.52. The van der Waals surface area contributed by atoms with Crippen molar-refractivity contribution in [3.63, 3.8) is 0 Å². The van der Waals surface area contributed by atoms with E-state index >= 15 is 0 Å². The number of carbonyl (C=O) groups excluding carboxylic acids is 2. The molecule has 3 N–H and O–H groups in total. The van der Waals surface area contributed by atoms with E-state index in [0.29, 0.717) is 27.0 Å². The number of nitrogens with two attached hydrogens (primary N) is 1. The van der Waals surface area contributed by atoms with Crippen LogP contribution in [0.25, 0.3) is 11.0 Å². The number of nitrogens with one attached hydrogen (secondary N) is 1. The van der Waals surface area contributed by atoms with Crippen molar-refractivity contribution in [3.05, 3.63) is 89.1 Å². The summed E-state index contributed by atoms with van der Waals surface area (Å²) < 4.78 is 14.1. The van der Waals surface area contributed by atoms with Crippen LogP contribution in [0.5, 0.6) is 11.5 Å². The number of primary amides is 1. The summed E-state index contributed by atoms with van der Waals surface area (Å²) in [6.45, 7) is 0. The Morgan fingerprint density at radius 3 is 2.50 bits per heavy atom. The van der Waals surface area contributed by atoms with Crippen LogP contribution in [0, 0.1) is 0 Å². The minimum Gasteiger partial charge on any atom is -0.457 e. The molecule has 0 saturated carbocycles. The Labute approximate surface area is 181 Å². The van der Waals surface area contributed by atoms with Crippen molar-refractivity contribution >= 4 is 46.3 Å². The number of benzene rings is 3. The topological polar surface area (TPSA) is 94.6 Å². The van der Waals surface area contributed by atoms with Gasteiger partial charge in [0.05, 0.1) is 5.56 Å². The summed E-state index contributed by atoms with van der Waals surface area (Å²) in [5, 5.41) is 1.37. The third-order valence-electron chi connectivity index (χ3n) is 4.17. The van der Waals surface area contributed by atoms with E-state index < -0.39 is 6.03 Å². The Morgan fingerprint density at radius 2 is 1.77 bits per heavy atom. The summed E-state index contributed by atoms with van der Waals surface area (Å²) in [7, 11) is 0. The van der Waals surface area contributed by atoms with Crippen LogP contribution < -0.4 is 15.2 Å². The fourth-order valence-electron chi connectivity index (χ4n) is 2.86. The van der Waals surface area contributed by atoms with E-state index in [-0.39, 0.29) is 17.1 Å². The molecule has 0 spiro atoms. The first kappa shape index (κ1) is 19.9.